The van der Waals surface area contributed by atoms with E-state index in [1.165, 1.54) is 4.90 Å². The van der Waals surface area contributed by atoms with Crippen molar-refractivity contribution in [1.29, 1.82) is 0 Å². The Balaban J connectivity index is 1.75. The molecule has 0 spiro atoms. The second kappa shape index (κ2) is 6.56. The number of benzene rings is 3. The zero-order valence-electron chi connectivity index (χ0n) is 14.8. The van der Waals surface area contributed by atoms with Crippen LogP contribution in [0.4, 0.5) is 5.69 Å². The van der Waals surface area contributed by atoms with Crippen LogP contribution in [-0.4, -0.2) is 11.8 Å². The highest BCUT2D eigenvalue weighted by molar-refractivity contribution is 6.35. The van der Waals surface area contributed by atoms with Crippen LogP contribution in [-0.2, 0) is 0 Å². The molecule has 27 heavy (non-hydrogen) atoms. The van der Waals surface area contributed by atoms with Gasteiger partial charge in [-0.3, -0.25) is 9.59 Å². The maximum Gasteiger partial charge on any atom is 0.269 e. The van der Waals surface area contributed by atoms with Crippen molar-refractivity contribution in [3.8, 4) is 11.5 Å². The van der Waals surface area contributed by atoms with Gasteiger partial charge in [0.05, 0.1) is 16.8 Å². The van der Waals surface area contributed by atoms with Crippen molar-refractivity contribution in [1.82, 2.24) is 0 Å². The lowest BCUT2D eigenvalue weighted by Crippen LogP contribution is -2.29. The second-order valence-corrected chi connectivity index (χ2v) is 6.89. The number of hydrogen-bond acceptors (Lipinski definition) is 3. The van der Waals surface area contributed by atoms with Gasteiger partial charge in [-0.1, -0.05) is 23.7 Å². The van der Waals surface area contributed by atoms with E-state index in [0.717, 1.165) is 11.1 Å². The number of amides is 2. The van der Waals surface area contributed by atoms with Crippen LogP contribution in [0.1, 0.15) is 31.8 Å². The Morgan fingerprint density at radius 2 is 1.59 bits per heavy atom. The van der Waals surface area contributed by atoms with E-state index in [4.69, 9.17) is 16.3 Å². The molecule has 0 fully saturated rings. The lowest BCUT2D eigenvalue weighted by molar-refractivity contribution is 0.0925. The van der Waals surface area contributed by atoms with Gasteiger partial charge in [0.1, 0.15) is 11.5 Å². The van der Waals surface area contributed by atoms with Crippen LogP contribution in [0.15, 0.2) is 60.7 Å². The number of rotatable bonds is 3. The minimum atomic E-state index is -0.386. The number of anilines is 1. The van der Waals surface area contributed by atoms with Crippen molar-refractivity contribution >= 4 is 29.1 Å². The van der Waals surface area contributed by atoms with Crippen LogP contribution in [0, 0.1) is 13.8 Å². The van der Waals surface area contributed by atoms with Crippen LogP contribution < -0.4 is 9.64 Å². The summed E-state index contributed by atoms with van der Waals surface area (Å²) in [6, 6.07) is 17.4. The monoisotopic (exact) mass is 377 g/mol. The molecule has 0 atom stereocenters. The number of ether oxygens (including phenoxy) is 1. The molecule has 3 aromatic rings. The normalized spacial score (nSPS) is 13.1. The van der Waals surface area contributed by atoms with E-state index in [-0.39, 0.29) is 17.4 Å². The van der Waals surface area contributed by atoms with Crippen molar-refractivity contribution < 1.29 is 14.3 Å². The summed E-state index contributed by atoms with van der Waals surface area (Å²) in [6.45, 7) is 3.94. The van der Waals surface area contributed by atoms with E-state index in [1.807, 2.05) is 26.0 Å². The van der Waals surface area contributed by atoms with Crippen molar-refractivity contribution in [2.75, 3.05) is 4.90 Å². The first-order valence-electron chi connectivity index (χ1n) is 8.48. The van der Waals surface area contributed by atoms with E-state index < -0.39 is 0 Å². The number of fused-ring (bicyclic) bond motifs is 1. The summed E-state index contributed by atoms with van der Waals surface area (Å²) in [4.78, 5) is 27.2. The molecule has 0 unspecified atom stereocenters. The number of halogens is 1. The molecule has 1 aliphatic rings. The third-order valence-corrected chi connectivity index (χ3v) is 4.92. The summed E-state index contributed by atoms with van der Waals surface area (Å²) >= 11 is 5.90. The molecule has 3 aromatic carbocycles. The van der Waals surface area contributed by atoms with Crippen LogP contribution in [0.25, 0.3) is 0 Å². The number of carbonyl (C=O) groups is 2. The Kier molecular flexibility index (Phi) is 4.21. The molecule has 134 valence electrons. The fourth-order valence-electron chi connectivity index (χ4n) is 3.07. The molecule has 4 rings (SSSR count). The molecular formula is C22H16ClNO3. The lowest BCUT2D eigenvalue weighted by atomic mass is 10.1. The molecule has 0 N–H and O–H groups in total. The first kappa shape index (κ1) is 17.3. The van der Waals surface area contributed by atoms with Gasteiger partial charge in [0.2, 0.25) is 0 Å². The topological polar surface area (TPSA) is 46.6 Å². The molecule has 0 bridgehead atoms. The minimum absolute atomic E-state index is 0.274. The Hall–Kier alpha value is -3.11. The molecule has 5 heteroatoms. The van der Waals surface area contributed by atoms with Gasteiger partial charge in [-0.05, 0) is 73.5 Å². The standard InChI is InChI=1S/C22H16ClNO3/c1-13-6-9-16(12-14(13)2)24-21(25)18-4-3-5-19(20(18)22(24)26)27-17-10-7-15(23)8-11-17/h3-12H,1-2H3. The Labute approximate surface area is 161 Å². The van der Waals surface area contributed by atoms with Crippen LogP contribution >= 0.6 is 11.6 Å². The van der Waals surface area contributed by atoms with Crippen molar-refractivity contribution in [3.05, 3.63) is 87.9 Å². The van der Waals surface area contributed by atoms with Crippen LogP contribution in [0.3, 0.4) is 0 Å². The van der Waals surface area contributed by atoms with Gasteiger partial charge < -0.3 is 4.74 Å². The largest absolute Gasteiger partial charge is 0.457 e. The summed E-state index contributed by atoms with van der Waals surface area (Å²) in [6.07, 6.45) is 0. The fourth-order valence-corrected chi connectivity index (χ4v) is 3.19. The van der Waals surface area contributed by atoms with E-state index in [0.29, 0.717) is 27.8 Å². The third kappa shape index (κ3) is 2.98. The van der Waals surface area contributed by atoms with E-state index in [9.17, 15) is 9.59 Å². The van der Waals surface area contributed by atoms with Crippen LogP contribution in [0.2, 0.25) is 5.02 Å². The summed E-state index contributed by atoms with van der Waals surface area (Å²) in [5, 5.41) is 0.591. The molecule has 2 amide bonds. The highest BCUT2D eigenvalue weighted by Crippen LogP contribution is 2.36. The predicted octanol–water partition coefficient (Wildman–Crippen LogP) is 5.55. The zero-order chi connectivity index (χ0) is 19.1. The number of hydrogen-bond donors (Lipinski definition) is 0. The zero-order valence-corrected chi connectivity index (χ0v) is 15.6. The Morgan fingerprint density at radius 3 is 2.30 bits per heavy atom. The maximum absolute atomic E-state index is 13.1. The smallest absolute Gasteiger partial charge is 0.269 e. The summed E-state index contributed by atoms with van der Waals surface area (Å²) < 4.78 is 5.86. The first-order chi connectivity index (χ1) is 13.0. The highest BCUT2D eigenvalue weighted by Gasteiger charge is 2.39. The molecule has 0 saturated carbocycles. The van der Waals surface area contributed by atoms with Crippen molar-refractivity contribution in [3.63, 3.8) is 0 Å². The van der Waals surface area contributed by atoms with Crippen molar-refractivity contribution in [2.24, 2.45) is 0 Å². The number of aryl methyl sites for hydroxylation is 2. The quantitative estimate of drug-likeness (QED) is 0.562. The molecule has 1 heterocycles. The molecule has 4 nitrogen and oxygen atoms in total. The van der Waals surface area contributed by atoms with E-state index >= 15 is 0 Å². The van der Waals surface area contributed by atoms with Gasteiger partial charge in [0.25, 0.3) is 11.8 Å². The first-order valence-corrected chi connectivity index (χ1v) is 8.86. The number of carbonyl (C=O) groups excluding carboxylic acids is 2. The lowest BCUT2D eigenvalue weighted by Gasteiger charge is -2.15. The molecular weight excluding hydrogens is 362 g/mol. The van der Waals surface area contributed by atoms with Gasteiger partial charge in [0.15, 0.2) is 0 Å². The molecule has 0 radical (unpaired) electrons. The summed E-state index contributed by atoms with van der Waals surface area (Å²) in [5.41, 5.74) is 3.28. The SMILES string of the molecule is Cc1ccc(N2C(=O)c3cccc(Oc4ccc(Cl)cc4)c3C2=O)cc1C. The van der Waals surface area contributed by atoms with Crippen molar-refractivity contribution in [2.45, 2.75) is 13.8 Å². The molecule has 0 aromatic heterocycles. The average Bonchev–Trinajstić information content (AvgIpc) is 2.91. The Morgan fingerprint density at radius 1 is 0.852 bits per heavy atom. The molecule has 0 saturated heterocycles. The second-order valence-electron chi connectivity index (χ2n) is 6.45. The van der Waals surface area contributed by atoms with Gasteiger partial charge >= 0.3 is 0 Å². The third-order valence-electron chi connectivity index (χ3n) is 4.67. The highest BCUT2D eigenvalue weighted by atomic mass is 35.5. The molecule has 0 aliphatic carbocycles. The van der Waals surface area contributed by atoms with Gasteiger partial charge in [0, 0.05) is 5.02 Å². The van der Waals surface area contributed by atoms with Gasteiger partial charge in [-0.15, -0.1) is 0 Å². The molecule has 1 aliphatic heterocycles. The summed E-state index contributed by atoms with van der Waals surface area (Å²) in [7, 11) is 0. The number of nitrogens with zero attached hydrogens (tertiary/aromatic N) is 1. The van der Waals surface area contributed by atoms with Gasteiger partial charge in [-0.2, -0.15) is 0 Å². The van der Waals surface area contributed by atoms with Crippen LogP contribution in [0.5, 0.6) is 11.5 Å². The number of imide groups is 1. The fraction of sp³-hybridized carbons (Fsp3) is 0.0909. The average molecular weight is 378 g/mol. The minimum Gasteiger partial charge on any atom is -0.457 e. The Bertz CT molecular complexity index is 1070. The van der Waals surface area contributed by atoms with Gasteiger partial charge in [-0.25, -0.2) is 4.90 Å². The van der Waals surface area contributed by atoms with E-state index in [2.05, 4.69) is 0 Å². The predicted molar refractivity (Wildman–Crippen MR) is 105 cm³/mol. The maximum atomic E-state index is 13.1. The summed E-state index contributed by atoms with van der Waals surface area (Å²) in [5.74, 6) is 0.153. The van der Waals surface area contributed by atoms with E-state index in [1.54, 1.807) is 48.5 Å².